The first-order chi connectivity index (χ1) is 13.8. The number of aliphatic carboxylic acids is 1. The third-order valence-corrected chi connectivity index (χ3v) is 8.34. The molecule has 2 aliphatic carbocycles. The van der Waals surface area contributed by atoms with E-state index in [1.807, 2.05) is 0 Å². The van der Waals surface area contributed by atoms with Crippen molar-refractivity contribution >= 4 is 33.9 Å². The van der Waals surface area contributed by atoms with Gasteiger partial charge in [-0.2, -0.15) is 8.42 Å². The molecule has 30 heavy (non-hydrogen) atoms. The predicted molar refractivity (Wildman–Crippen MR) is 101 cm³/mol. The summed E-state index contributed by atoms with van der Waals surface area (Å²) in [6, 6.07) is 0. The van der Waals surface area contributed by atoms with E-state index in [0.29, 0.717) is 17.7 Å². The lowest BCUT2D eigenvalue weighted by atomic mass is 9.80. The van der Waals surface area contributed by atoms with Gasteiger partial charge in [-0.1, -0.05) is 32.8 Å². The molecule has 3 fully saturated rings. The van der Waals surface area contributed by atoms with E-state index in [-0.39, 0.29) is 24.3 Å². The van der Waals surface area contributed by atoms with Crippen molar-refractivity contribution in [2.45, 2.75) is 51.2 Å². The highest BCUT2D eigenvalue weighted by molar-refractivity contribution is 7.88. The molecule has 0 spiro atoms. The molecular formula is C19H25NO9S. The molecule has 0 aromatic heterocycles. The molecule has 166 valence electrons. The van der Waals surface area contributed by atoms with Crippen LogP contribution in [0.5, 0.6) is 0 Å². The molecule has 0 aromatic rings. The Morgan fingerprint density at radius 2 is 1.90 bits per heavy atom. The first-order valence-electron chi connectivity index (χ1n) is 9.68. The maximum atomic E-state index is 12.8. The average molecular weight is 443 g/mol. The summed E-state index contributed by atoms with van der Waals surface area (Å²) < 4.78 is 36.7. The lowest BCUT2D eigenvalue weighted by Gasteiger charge is -2.31. The van der Waals surface area contributed by atoms with Crippen molar-refractivity contribution in [2.24, 2.45) is 23.2 Å². The van der Waals surface area contributed by atoms with Crippen LogP contribution in [-0.4, -0.2) is 58.2 Å². The molecule has 2 N–H and O–H groups in total. The number of imide groups is 1. The summed E-state index contributed by atoms with van der Waals surface area (Å²) in [5.41, 5.74) is -0.469. The van der Waals surface area contributed by atoms with Crippen LogP contribution in [0.15, 0.2) is 11.6 Å². The van der Waals surface area contributed by atoms with E-state index in [1.54, 1.807) is 13.8 Å². The number of likely N-dealkylation sites (tertiary alicyclic amines) is 1. The second-order valence-corrected chi connectivity index (χ2v) is 10.5. The van der Waals surface area contributed by atoms with E-state index in [1.165, 1.54) is 13.0 Å². The number of carbonyl (C=O) groups excluding carboxylic acids is 3. The molecule has 3 rings (SSSR count). The molecule has 2 amide bonds. The minimum Gasteiger partial charge on any atom is -0.478 e. The van der Waals surface area contributed by atoms with Crippen LogP contribution in [0.4, 0.5) is 0 Å². The fraction of sp³-hybridized carbons (Fsp3) is 0.684. The smallest absolute Gasteiger partial charge is 0.330 e. The van der Waals surface area contributed by atoms with Crippen LogP contribution in [0.3, 0.4) is 0 Å². The SMILES string of the molecule is C/C(=C\C1C(C(=O)OCN2C(=O)C3CCCCC3(S(=O)(=O)O)C2=O)C1(C)C)C(=O)O. The molecule has 1 heterocycles. The van der Waals surface area contributed by atoms with Gasteiger partial charge in [0.1, 0.15) is 0 Å². The van der Waals surface area contributed by atoms with Crippen molar-refractivity contribution in [2.75, 3.05) is 6.73 Å². The van der Waals surface area contributed by atoms with E-state index < -0.39 is 62.6 Å². The van der Waals surface area contributed by atoms with Crippen LogP contribution < -0.4 is 0 Å². The zero-order valence-electron chi connectivity index (χ0n) is 17.0. The highest BCUT2D eigenvalue weighted by Crippen LogP contribution is 2.60. The Bertz CT molecular complexity index is 951. The standard InChI is InChI=1S/C19H25NO9S/c1-10(15(22)23)8-12-13(18(12,2)3)16(24)29-9-20-14(21)11-6-4-5-7-19(11,17(20)25)30(26,27)28/h8,11-13H,4-7,9H2,1-3H3,(H,22,23)(H,26,27,28)/b10-8+. The van der Waals surface area contributed by atoms with Gasteiger partial charge >= 0.3 is 11.9 Å². The number of ether oxygens (including phenoxy) is 1. The molecule has 3 aliphatic rings. The first kappa shape index (κ1) is 22.4. The van der Waals surface area contributed by atoms with Gasteiger partial charge in [0.15, 0.2) is 11.5 Å². The van der Waals surface area contributed by atoms with Crippen molar-refractivity contribution in [3.8, 4) is 0 Å². The van der Waals surface area contributed by atoms with Crippen LogP contribution in [0.25, 0.3) is 0 Å². The van der Waals surface area contributed by atoms with Gasteiger partial charge in [0.05, 0.1) is 11.8 Å². The van der Waals surface area contributed by atoms with Gasteiger partial charge in [-0.3, -0.25) is 18.9 Å². The maximum Gasteiger partial charge on any atom is 0.330 e. The molecule has 2 saturated carbocycles. The van der Waals surface area contributed by atoms with E-state index in [0.717, 1.165) is 0 Å². The second kappa shape index (κ2) is 7.16. The fourth-order valence-corrected chi connectivity index (χ4v) is 6.09. The molecule has 11 heteroatoms. The second-order valence-electron chi connectivity index (χ2n) is 8.81. The quantitative estimate of drug-likeness (QED) is 0.264. The zero-order chi connectivity index (χ0) is 22.6. The van der Waals surface area contributed by atoms with E-state index in [2.05, 4.69) is 0 Å². The van der Waals surface area contributed by atoms with Gasteiger partial charge in [-0.25, -0.2) is 9.69 Å². The maximum absolute atomic E-state index is 12.8. The van der Waals surface area contributed by atoms with Gasteiger partial charge in [0.25, 0.3) is 16.0 Å². The number of nitrogens with zero attached hydrogens (tertiary/aromatic N) is 1. The highest BCUT2D eigenvalue weighted by Gasteiger charge is 2.67. The van der Waals surface area contributed by atoms with Crippen LogP contribution in [0.1, 0.15) is 46.5 Å². The summed E-state index contributed by atoms with van der Waals surface area (Å²) in [6.45, 7) is 4.20. The van der Waals surface area contributed by atoms with Crippen LogP contribution in [0.2, 0.25) is 0 Å². The van der Waals surface area contributed by atoms with Crippen molar-refractivity contribution in [1.29, 1.82) is 0 Å². The fourth-order valence-electron chi connectivity index (χ4n) is 4.78. The Morgan fingerprint density at radius 1 is 1.27 bits per heavy atom. The number of allylic oxidation sites excluding steroid dienone is 1. The number of esters is 1. The summed E-state index contributed by atoms with van der Waals surface area (Å²) in [7, 11) is -4.85. The summed E-state index contributed by atoms with van der Waals surface area (Å²) in [4.78, 5) is 49.6. The molecule has 1 saturated heterocycles. The Kier molecular flexibility index (Phi) is 5.35. The van der Waals surface area contributed by atoms with Gasteiger partial charge in [-0.15, -0.1) is 0 Å². The number of amides is 2. The van der Waals surface area contributed by atoms with E-state index in [9.17, 15) is 32.1 Å². The lowest BCUT2D eigenvalue weighted by molar-refractivity contribution is -0.157. The molecular weight excluding hydrogens is 418 g/mol. The van der Waals surface area contributed by atoms with Crippen molar-refractivity contribution < 1.29 is 42.0 Å². The number of rotatable bonds is 6. The zero-order valence-corrected chi connectivity index (χ0v) is 17.8. The Morgan fingerprint density at radius 3 is 2.43 bits per heavy atom. The normalized spacial score (nSPS) is 33.3. The molecule has 0 aromatic carbocycles. The molecule has 4 unspecified atom stereocenters. The van der Waals surface area contributed by atoms with Gasteiger partial charge < -0.3 is 9.84 Å². The number of carboxylic acids is 1. The van der Waals surface area contributed by atoms with Gasteiger partial charge in [-0.05, 0) is 31.1 Å². The third-order valence-electron chi connectivity index (χ3n) is 6.75. The Balaban J connectivity index is 1.74. The predicted octanol–water partition coefficient (Wildman–Crippen LogP) is 0.976. The van der Waals surface area contributed by atoms with Crippen molar-refractivity contribution in [1.82, 2.24) is 4.90 Å². The van der Waals surface area contributed by atoms with E-state index in [4.69, 9.17) is 9.84 Å². The summed E-state index contributed by atoms with van der Waals surface area (Å²) in [6.07, 6.45) is 2.37. The Labute approximate surface area is 174 Å². The summed E-state index contributed by atoms with van der Waals surface area (Å²) >= 11 is 0. The molecule has 1 aliphatic heterocycles. The highest BCUT2D eigenvalue weighted by atomic mass is 32.2. The molecule has 4 atom stereocenters. The number of carbonyl (C=O) groups is 4. The monoisotopic (exact) mass is 443 g/mol. The first-order valence-corrected chi connectivity index (χ1v) is 11.1. The van der Waals surface area contributed by atoms with Crippen LogP contribution >= 0.6 is 0 Å². The Hall–Kier alpha value is -2.27. The third kappa shape index (κ3) is 3.24. The lowest BCUT2D eigenvalue weighted by Crippen LogP contribution is -2.51. The van der Waals surface area contributed by atoms with Crippen molar-refractivity contribution in [3.05, 3.63) is 11.6 Å². The largest absolute Gasteiger partial charge is 0.478 e. The minimum absolute atomic E-state index is 0.0902. The number of hydrogen-bond donors (Lipinski definition) is 2. The number of fused-ring (bicyclic) bond motifs is 1. The summed E-state index contributed by atoms with van der Waals surface area (Å²) in [5, 5.41) is 9.01. The molecule has 10 nitrogen and oxygen atoms in total. The van der Waals surface area contributed by atoms with E-state index >= 15 is 0 Å². The average Bonchev–Trinajstić information content (AvgIpc) is 3.10. The van der Waals surface area contributed by atoms with Crippen molar-refractivity contribution in [3.63, 3.8) is 0 Å². The molecule has 0 bridgehead atoms. The van der Waals surface area contributed by atoms with Gasteiger partial charge in [0, 0.05) is 5.57 Å². The number of carboxylic acid groups (broad SMARTS) is 1. The van der Waals surface area contributed by atoms with Gasteiger partial charge in [0.2, 0.25) is 5.91 Å². The topological polar surface area (TPSA) is 155 Å². The number of hydrogen-bond acceptors (Lipinski definition) is 7. The minimum atomic E-state index is -4.85. The summed E-state index contributed by atoms with van der Waals surface area (Å²) in [5.74, 6) is -5.89. The van der Waals surface area contributed by atoms with Crippen LogP contribution in [0, 0.1) is 23.2 Å². The molecule has 0 radical (unpaired) electrons. The van der Waals surface area contributed by atoms with Crippen LogP contribution in [-0.2, 0) is 34.0 Å².